The normalized spacial score (nSPS) is 21.6. The van der Waals surface area contributed by atoms with E-state index in [0.717, 1.165) is 51.4 Å². The Bertz CT molecular complexity index is 1010. The lowest BCUT2D eigenvalue weighted by Gasteiger charge is -2.46. The van der Waals surface area contributed by atoms with E-state index in [0.29, 0.717) is 10.0 Å². The number of carbonyl (C=O) groups is 1. The summed E-state index contributed by atoms with van der Waals surface area (Å²) < 4.78 is 0. The summed E-state index contributed by atoms with van der Waals surface area (Å²) in [6.07, 6.45) is 6.61. The molecule has 2 aliphatic rings. The highest BCUT2D eigenvalue weighted by atomic mass is 35.5. The number of piperidine rings is 2. The van der Waals surface area contributed by atoms with Crippen LogP contribution >= 0.6 is 23.2 Å². The molecule has 4 nitrogen and oxygen atoms in total. The number of benzene rings is 2. The Kier molecular flexibility index (Phi) is 9.04. The topological polar surface area (TPSA) is 44.4 Å². The number of nitrogens with one attached hydrogen (secondary N) is 2. The van der Waals surface area contributed by atoms with Gasteiger partial charge in [0, 0.05) is 24.5 Å². The van der Waals surface area contributed by atoms with Crippen LogP contribution in [0, 0.1) is 11.3 Å². The van der Waals surface area contributed by atoms with Crippen LogP contribution in [0.1, 0.15) is 76.5 Å². The third-order valence-electron chi connectivity index (χ3n) is 8.03. The minimum atomic E-state index is -0.435. The van der Waals surface area contributed by atoms with E-state index in [2.05, 4.69) is 45.9 Å². The molecule has 0 spiro atoms. The summed E-state index contributed by atoms with van der Waals surface area (Å²) in [5, 5.41) is 8.25. The summed E-state index contributed by atoms with van der Waals surface area (Å²) in [4.78, 5) is 15.7. The number of hydrogen-bond donors (Lipinski definition) is 2. The number of nitrogens with zero attached hydrogens (tertiary/aromatic N) is 1. The fourth-order valence-electron chi connectivity index (χ4n) is 5.71. The average Bonchev–Trinajstić information content (AvgIpc) is 2.88. The monoisotopic (exact) mass is 529 g/mol. The molecule has 2 heterocycles. The van der Waals surface area contributed by atoms with Gasteiger partial charge in [0.1, 0.15) is 0 Å². The van der Waals surface area contributed by atoms with E-state index >= 15 is 0 Å². The molecule has 36 heavy (non-hydrogen) atoms. The number of amides is 1. The fraction of sp³-hybridized carbons (Fsp3) is 0.567. The quantitative estimate of drug-likeness (QED) is 0.407. The van der Waals surface area contributed by atoms with Crippen molar-refractivity contribution in [3.63, 3.8) is 0 Å². The van der Waals surface area contributed by atoms with Crippen molar-refractivity contribution in [2.45, 2.75) is 70.9 Å². The highest BCUT2D eigenvalue weighted by Gasteiger charge is 2.41. The van der Waals surface area contributed by atoms with E-state index < -0.39 is 5.41 Å². The zero-order valence-electron chi connectivity index (χ0n) is 22.0. The first-order valence-corrected chi connectivity index (χ1v) is 14.2. The van der Waals surface area contributed by atoms with Gasteiger partial charge in [0.15, 0.2) is 0 Å². The highest BCUT2D eigenvalue weighted by molar-refractivity contribution is 6.42. The zero-order valence-corrected chi connectivity index (χ0v) is 23.5. The maximum atomic E-state index is 13.1. The summed E-state index contributed by atoms with van der Waals surface area (Å²) in [5.41, 5.74) is 1.65. The molecule has 2 saturated heterocycles. The lowest BCUT2D eigenvalue weighted by molar-refractivity contribution is -0.131. The molecule has 2 aromatic carbocycles. The first-order valence-electron chi connectivity index (χ1n) is 13.5. The van der Waals surface area contributed by atoms with Gasteiger partial charge < -0.3 is 10.6 Å². The van der Waals surface area contributed by atoms with Crippen molar-refractivity contribution in [3.05, 3.63) is 69.7 Å². The van der Waals surface area contributed by atoms with Crippen molar-refractivity contribution in [2.24, 2.45) is 11.3 Å². The smallest absolute Gasteiger partial charge is 0.226 e. The summed E-state index contributed by atoms with van der Waals surface area (Å²) in [5.74, 6) is 0.828. The molecule has 0 aromatic heterocycles. The molecular formula is C30H41Cl2N3O. The molecule has 6 heteroatoms. The third kappa shape index (κ3) is 6.64. The van der Waals surface area contributed by atoms with Crippen molar-refractivity contribution < 1.29 is 4.79 Å². The van der Waals surface area contributed by atoms with Crippen LogP contribution in [-0.4, -0.2) is 37.0 Å². The van der Waals surface area contributed by atoms with Crippen molar-refractivity contribution >= 4 is 29.1 Å². The summed E-state index contributed by atoms with van der Waals surface area (Å²) in [7, 11) is 0. The summed E-state index contributed by atoms with van der Waals surface area (Å²) in [6, 6.07) is 16.9. The van der Waals surface area contributed by atoms with Crippen LogP contribution in [0.2, 0.25) is 10.0 Å². The molecule has 2 aromatic rings. The molecule has 2 aliphatic heterocycles. The third-order valence-corrected chi connectivity index (χ3v) is 8.77. The maximum absolute atomic E-state index is 13.1. The summed E-state index contributed by atoms with van der Waals surface area (Å²) in [6.45, 7) is 10.0. The SMILES string of the molecule is CC(C)(C)C(=O)NC1(c2ccccc2)CCN(C(CCC2CCCNC2)c2ccc(Cl)c(Cl)c2)CC1. The predicted molar refractivity (Wildman–Crippen MR) is 151 cm³/mol. The first kappa shape index (κ1) is 27.4. The van der Waals surface area contributed by atoms with Gasteiger partial charge in [-0.25, -0.2) is 0 Å². The average molecular weight is 531 g/mol. The number of hydrogen-bond acceptors (Lipinski definition) is 3. The van der Waals surface area contributed by atoms with Crippen LogP contribution < -0.4 is 10.6 Å². The Morgan fingerprint density at radius 2 is 1.83 bits per heavy atom. The van der Waals surface area contributed by atoms with Gasteiger partial charge >= 0.3 is 0 Å². The highest BCUT2D eigenvalue weighted by Crippen LogP contribution is 2.39. The van der Waals surface area contributed by atoms with Crippen molar-refractivity contribution in [2.75, 3.05) is 26.2 Å². The Hall–Kier alpha value is -1.59. The lowest BCUT2D eigenvalue weighted by atomic mass is 9.78. The van der Waals surface area contributed by atoms with E-state index in [1.54, 1.807) is 0 Å². The number of likely N-dealkylation sites (tertiary alicyclic amines) is 1. The molecule has 2 atom stereocenters. The van der Waals surface area contributed by atoms with Crippen LogP contribution in [0.25, 0.3) is 0 Å². The standard InChI is InChI=1S/C30H41Cl2N3O/c1-29(2,3)28(36)34-30(24-9-5-4-6-10-24)15-18-35(19-16-30)27(14-11-22-8-7-17-33-21-22)23-12-13-25(31)26(32)20-23/h4-6,9-10,12-13,20,22,27,33H,7-8,11,14-19,21H2,1-3H3,(H,34,36). The van der Waals surface area contributed by atoms with Crippen LogP contribution in [0.5, 0.6) is 0 Å². The minimum absolute atomic E-state index is 0.102. The van der Waals surface area contributed by atoms with Gasteiger partial charge in [-0.1, -0.05) is 80.4 Å². The molecule has 2 N–H and O–H groups in total. The number of halogens is 2. The second-order valence-corrected chi connectivity index (χ2v) is 12.5. The molecule has 2 unspecified atom stereocenters. The molecule has 1 amide bonds. The van der Waals surface area contributed by atoms with Gasteiger partial charge in [-0.05, 0) is 80.8 Å². The molecule has 0 bridgehead atoms. The Morgan fingerprint density at radius 1 is 1.11 bits per heavy atom. The predicted octanol–water partition coefficient (Wildman–Crippen LogP) is 6.97. The molecule has 4 rings (SSSR count). The Morgan fingerprint density at radius 3 is 2.44 bits per heavy atom. The van der Waals surface area contributed by atoms with Crippen LogP contribution in [-0.2, 0) is 10.3 Å². The van der Waals surface area contributed by atoms with Gasteiger partial charge in [-0.3, -0.25) is 9.69 Å². The van der Waals surface area contributed by atoms with Gasteiger partial charge in [0.2, 0.25) is 5.91 Å². The van der Waals surface area contributed by atoms with E-state index in [-0.39, 0.29) is 17.5 Å². The number of carbonyl (C=O) groups excluding carboxylic acids is 1. The van der Waals surface area contributed by atoms with Gasteiger partial charge in [-0.15, -0.1) is 0 Å². The van der Waals surface area contributed by atoms with Crippen LogP contribution in [0.15, 0.2) is 48.5 Å². The molecule has 0 saturated carbocycles. The minimum Gasteiger partial charge on any atom is -0.346 e. The van der Waals surface area contributed by atoms with E-state index in [4.69, 9.17) is 23.2 Å². The second-order valence-electron chi connectivity index (χ2n) is 11.7. The molecular weight excluding hydrogens is 489 g/mol. The van der Waals surface area contributed by atoms with Crippen LogP contribution in [0.3, 0.4) is 0 Å². The van der Waals surface area contributed by atoms with Crippen molar-refractivity contribution in [1.29, 1.82) is 0 Å². The Balaban J connectivity index is 1.55. The van der Waals surface area contributed by atoms with E-state index in [9.17, 15) is 4.79 Å². The number of rotatable bonds is 7. The van der Waals surface area contributed by atoms with E-state index in [1.807, 2.05) is 39.0 Å². The Labute approximate surface area is 227 Å². The van der Waals surface area contributed by atoms with Crippen LogP contribution in [0.4, 0.5) is 0 Å². The molecule has 0 radical (unpaired) electrons. The largest absolute Gasteiger partial charge is 0.346 e. The molecule has 0 aliphatic carbocycles. The zero-order chi connectivity index (χ0) is 25.8. The van der Waals surface area contributed by atoms with Gasteiger partial charge in [-0.2, -0.15) is 0 Å². The fourth-order valence-corrected chi connectivity index (χ4v) is 6.02. The second kappa shape index (κ2) is 11.9. The van der Waals surface area contributed by atoms with Crippen molar-refractivity contribution in [1.82, 2.24) is 15.5 Å². The lowest BCUT2D eigenvalue weighted by Crippen LogP contribution is -2.55. The molecule has 2 fully saturated rings. The van der Waals surface area contributed by atoms with Crippen molar-refractivity contribution in [3.8, 4) is 0 Å². The maximum Gasteiger partial charge on any atom is 0.226 e. The van der Waals surface area contributed by atoms with E-state index in [1.165, 1.54) is 30.4 Å². The van der Waals surface area contributed by atoms with Gasteiger partial charge in [0.05, 0.1) is 15.6 Å². The summed E-state index contributed by atoms with van der Waals surface area (Å²) >= 11 is 12.7. The first-order chi connectivity index (χ1) is 17.2. The van der Waals surface area contributed by atoms with Gasteiger partial charge in [0.25, 0.3) is 0 Å². The molecule has 196 valence electrons.